The van der Waals surface area contributed by atoms with Crippen molar-refractivity contribution in [2.45, 2.75) is 47.0 Å². The second kappa shape index (κ2) is 9.69. The molecule has 1 aliphatic rings. The number of aromatic nitrogens is 1. The van der Waals surface area contributed by atoms with Crippen molar-refractivity contribution in [3.63, 3.8) is 0 Å². The lowest BCUT2D eigenvalue weighted by Crippen LogP contribution is -1.89. The third kappa shape index (κ3) is 6.40. The molecular weight excluding hydrogens is 278 g/mol. The maximum Gasteiger partial charge on any atom is 0.0907 e. The molecule has 0 aliphatic carbocycles. The van der Waals surface area contributed by atoms with Gasteiger partial charge in [0.05, 0.1) is 21.8 Å². The Bertz CT molecular complexity index is 549. The van der Waals surface area contributed by atoms with Crippen molar-refractivity contribution in [3.05, 3.63) is 40.9 Å². The molecule has 0 spiro atoms. The van der Waals surface area contributed by atoms with E-state index < -0.39 is 0 Å². The van der Waals surface area contributed by atoms with Crippen molar-refractivity contribution in [1.82, 2.24) is 4.98 Å². The van der Waals surface area contributed by atoms with Crippen LogP contribution in [0.15, 0.2) is 30.4 Å². The maximum absolute atomic E-state index is 5.20. The van der Waals surface area contributed by atoms with E-state index in [1.165, 1.54) is 28.7 Å². The highest BCUT2D eigenvalue weighted by Gasteiger charge is 2.00. The van der Waals surface area contributed by atoms with E-state index in [0.717, 1.165) is 30.2 Å². The largest absolute Gasteiger partial charge is 0.381 e. The Balaban J connectivity index is 0.000000196. The Morgan fingerprint density at radius 2 is 1.90 bits per heavy atom. The smallest absolute Gasteiger partial charge is 0.0907 e. The minimum absolute atomic E-state index is 0.888. The number of benzene rings is 1. The van der Waals surface area contributed by atoms with Crippen LogP contribution in [0.4, 0.5) is 0 Å². The summed E-state index contributed by atoms with van der Waals surface area (Å²) in [6.07, 6.45) is 3.40. The summed E-state index contributed by atoms with van der Waals surface area (Å²) < 4.78 is 6.50. The minimum Gasteiger partial charge on any atom is -0.381 e. The molecule has 0 bridgehead atoms. The fraction of sp³-hybridized carbons (Fsp3) is 0.500. The average molecular weight is 305 g/mol. The Kier molecular flexibility index (Phi) is 8.24. The van der Waals surface area contributed by atoms with E-state index in [4.69, 9.17) is 4.74 Å². The van der Waals surface area contributed by atoms with Crippen molar-refractivity contribution in [1.29, 1.82) is 0 Å². The molecule has 1 fully saturated rings. The maximum atomic E-state index is 5.20. The van der Waals surface area contributed by atoms with Crippen molar-refractivity contribution < 1.29 is 4.74 Å². The standard InChI is InChI=1S/C9H9NS.C7H12O.C2H6/c1-6-3-4-8-9(5-6)11-7(2)10-8;1-7-3-2-5-8-6-4-7;1-2/h3-5H,1-2H3;1-6H2;1-2H3. The molecule has 0 unspecified atom stereocenters. The van der Waals surface area contributed by atoms with Gasteiger partial charge in [-0.05, 0) is 50.8 Å². The lowest BCUT2D eigenvalue weighted by molar-refractivity contribution is 0.146. The molecule has 3 rings (SSSR count). The predicted octanol–water partition coefficient (Wildman–Crippen LogP) is 5.68. The lowest BCUT2D eigenvalue weighted by Gasteiger charge is -1.93. The van der Waals surface area contributed by atoms with Gasteiger partial charge >= 0.3 is 0 Å². The second-order valence-electron chi connectivity index (χ2n) is 4.92. The van der Waals surface area contributed by atoms with E-state index in [-0.39, 0.29) is 0 Å². The van der Waals surface area contributed by atoms with Crippen LogP contribution in [0.2, 0.25) is 0 Å². The number of ether oxygens (including phenoxy) is 1. The Morgan fingerprint density at radius 3 is 2.67 bits per heavy atom. The van der Waals surface area contributed by atoms with Crippen LogP contribution in [0.25, 0.3) is 10.2 Å². The van der Waals surface area contributed by atoms with Gasteiger partial charge in [-0.3, -0.25) is 0 Å². The fourth-order valence-electron chi connectivity index (χ4n) is 2.01. The fourth-order valence-corrected chi connectivity index (χ4v) is 2.94. The molecular formula is C18H27NOS. The zero-order valence-electron chi connectivity index (χ0n) is 13.7. The predicted molar refractivity (Wildman–Crippen MR) is 94.3 cm³/mol. The first-order valence-electron chi connectivity index (χ1n) is 7.73. The lowest BCUT2D eigenvalue weighted by atomic mass is 10.1. The summed E-state index contributed by atoms with van der Waals surface area (Å²) in [5.74, 6) is 0. The molecule has 0 N–H and O–H groups in total. The molecule has 0 amide bonds. The number of thiazole rings is 1. The van der Waals surface area contributed by atoms with Crippen molar-refractivity contribution >= 4 is 21.6 Å². The van der Waals surface area contributed by atoms with Gasteiger partial charge in [-0.15, -0.1) is 11.3 Å². The molecule has 2 heterocycles. The Hall–Kier alpha value is -1.19. The topological polar surface area (TPSA) is 22.1 Å². The van der Waals surface area contributed by atoms with Crippen LogP contribution in [-0.2, 0) is 4.74 Å². The van der Waals surface area contributed by atoms with Crippen LogP contribution in [0, 0.1) is 13.8 Å². The van der Waals surface area contributed by atoms with E-state index in [9.17, 15) is 0 Å². The van der Waals surface area contributed by atoms with E-state index in [0.29, 0.717) is 0 Å². The van der Waals surface area contributed by atoms with Gasteiger partial charge in [-0.1, -0.05) is 32.1 Å². The SMILES string of the molecule is C=C1CCCOCC1.CC.Cc1ccc2nc(C)sc2c1. The number of nitrogens with zero attached hydrogens (tertiary/aromatic N) is 1. The Morgan fingerprint density at radius 1 is 1.14 bits per heavy atom. The normalized spacial score (nSPS) is 14.6. The van der Waals surface area contributed by atoms with Gasteiger partial charge in [0.25, 0.3) is 0 Å². The molecule has 21 heavy (non-hydrogen) atoms. The summed E-state index contributed by atoms with van der Waals surface area (Å²) >= 11 is 1.76. The van der Waals surface area contributed by atoms with Crippen molar-refractivity contribution in [2.24, 2.45) is 0 Å². The highest BCUT2D eigenvalue weighted by molar-refractivity contribution is 7.18. The summed E-state index contributed by atoms with van der Waals surface area (Å²) in [5, 5.41) is 1.14. The van der Waals surface area contributed by atoms with Crippen molar-refractivity contribution in [2.75, 3.05) is 13.2 Å². The quantitative estimate of drug-likeness (QED) is 0.584. The molecule has 1 saturated heterocycles. The van der Waals surface area contributed by atoms with Crippen LogP contribution in [0.1, 0.15) is 43.7 Å². The first-order chi connectivity index (χ1) is 10.1. The van der Waals surface area contributed by atoms with Gasteiger partial charge in [-0.25, -0.2) is 4.98 Å². The Labute approximate surface area is 132 Å². The number of hydrogen-bond donors (Lipinski definition) is 0. The van der Waals surface area contributed by atoms with Crippen molar-refractivity contribution in [3.8, 4) is 0 Å². The second-order valence-corrected chi connectivity index (χ2v) is 6.15. The third-order valence-electron chi connectivity index (χ3n) is 3.07. The summed E-state index contributed by atoms with van der Waals surface area (Å²) in [6, 6.07) is 6.36. The van der Waals surface area contributed by atoms with Gasteiger partial charge in [-0.2, -0.15) is 0 Å². The molecule has 1 aliphatic heterocycles. The molecule has 2 nitrogen and oxygen atoms in total. The van der Waals surface area contributed by atoms with Gasteiger partial charge in [0.15, 0.2) is 0 Å². The highest BCUT2D eigenvalue weighted by atomic mass is 32.1. The molecule has 2 aromatic rings. The molecule has 3 heteroatoms. The van der Waals surface area contributed by atoms with Gasteiger partial charge < -0.3 is 4.74 Å². The first kappa shape index (κ1) is 17.9. The van der Waals surface area contributed by atoms with Crippen LogP contribution in [0.3, 0.4) is 0 Å². The summed E-state index contributed by atoms with van der Waals surface area (Å²) in [5.41, 5.74) is 3.78. The van der Waals surface area contributed by atoms with Crippen LogP contribution in [0.5, 0.6) is 0 Å². The summed E-state index contributed by atoms with van der Waals surface area (Å²) in [6.45, 7) is 13.9. The summed E-state index contributed by atoms with van der Waals surface area (Å²) in [4.78, 5) is 4.37. The molecule has 0 radical (unpaired) electrons. The number of fused-ring (bicyclic) bond motifs is 1. The number of hydrogen-bond acceptors (Lipinski definition) is 3. The monoisotopic (exact) mass is 305 g/mol. The van der Waals surface area contributed by atoms with Crippen LogP contribution >= 0.6 is 11.3 Å². The molecule has 1 aromatic carbocycles. The van der Waals surface area contributed by atoms with E-state index in [1.54, 1.807) is 11.3 Å². The first-order valence-corrected chi connectivity index (χ1v) is 8.55. The van der Waals surface area contributed by atoms with Gasteiger partial charge in [0.1, 0.15) is 0 Å². The highest BCUT2D eigenvalue weighted by Crippen LogP contribution is 2.21. The van der Waals surface area contributed by atoms with Gasteiger partial charge in [0, 0.05) is 6.61 Å². The van der Waals surface area contributed by atoms with Crippen LogP contribution < -0.4 is 0 Å². The van der Waals surface area contributed by atoms with E-state index in [2.05, 4.69) is 36.7 Å². The zero-order chi connectivity index (χ0) is 15.7. The third-order valence-corrected chi connectivity index (χ3v) is 4.00. The summed E-state index contributed by atoms with van der Waals surface area (Å²) in [7, 11) is 0. The zero-order valence-corrected chi connectivity index (χ0v) is 14.6. The van der Waals surface area contributed by atoms with E-state index in [1.807, 2.05) is 20.8 Å². The molecule has 0 saturated carbocycles. The molecule has 1 aromatic heterocycles. The van der Waals surface area contributed by atoms with Crippen LogP contribution in [-0.4, -0.2) is 18.2 Å². The molecule has 0 atom stereocenters. The minimum atomic E-state index is 0.888. The van der Waals surface area contributed by atoms with E-state index >= 15 is 0 Å². The molecule has 116 valence electrons. The number of aryl methyl sites for hydroxylation is 2. The average Bonchev–Trinajstić information content (AvgIpc) is 2.68. The number of rotatable bonds is 0. The van der Waals surface area contributed by atoms with Gasteiger partial charge in [0.2, 0.25) is 0 Å².